The van der Waals surface area contributed by atoms with Crippen LogP contribution in [0.1, 0.15) is 23.3 Å². The second-order valence-corrected chi connectivity index (χ2v) is 9.49. The molecule has 2 aromatic carbocycles. The Morgan fingerprint density at radius 3 is 2.23 bits per heavy atom. The topological polar surface area (TPSA) is 71.9 Å². The molecular formula is C23H25N3O4S. The summed E-state index contributed by atoms with van der Waals surface area (Å²) in [7, 11) is -0.229. The molecule has 31 heavy (non-hydrogen) atoms. The summed E-state index contributed by atoms with van der Waals surface area (Å²) >= 11 is 0. The molecule has 0 atom stereocenters. The maximum atomic E-state index is 13.1. The number of hydrogen-bond donors (Lipinski definition) is 0. The summed E-state index contributed by atoms with van der Waals surface area (Å²) in [5.74, 6) is 1.10. The molecule has 3 aromatic rings. The molecule has 0 saturated carbocycles. The van der Waals surface area contributed by atoms with Crippen LogP contribution in [0.5, 0.6) is 11.5 Å². The van der Waals surface area contributed by atoms with Gasteiger partial charge in [0.15, 0.2) is 0 Å². The van der Waals surface area contributed by atoms with Gasteiger partial charge < -0.3 is 14.2 Å². The van der Waals surface area contributed by atoms with Crippen molar-refractivity contribution in [3.05, 3.63) is 72.6 Å². The number of amides is 1. The number of carbonyl (C=O) groups excluding carboxylic acids is 1. The van der Waals surface area contributed by atoms with Gasteiger partial charge in [0.1, 0.15) is 22.1 Å². The minimum Gasteiger partial charge on any atom is -0.457 e. The summed E-state index contributed by atoms with van der Waals surface area (Å²) in [5.41, 5.74) is 0.987. The number of sulfonamides is 1. The van der Waals surface area contributed by atoms with Gasteiger partial charge in [0.05, 0.1) is 0 Å². The highest BCUT2D eigenvalue weighted by atomic mass is 32.2. The van der Waals surface area contributed by atoms with Gasteiger partial charge in [-0.25, -0.2) is 8.42 Å². The first-order valence-corrected chi connectivity index (χ1v) is 11.6. The fourth-order valence-electron chi connectivity index (χ4n) is 3.62. The van der Waals surface area contributed by atoms with Crippen molar-refractivity contribution in [2.75, 3.05) is 25.0 Å². The number of carbonyl (C=O) groups is 1. The van der Waals surface area contributed by atoms with E-state index in [0.29, 0.717) is 30.2 Å². The molecular weight excluding hydrogens is 414 g/mol. The van der Waals surface area contributed by atoms with E-state index in [0.717, 1.165) is 18.6 Å². The van der Waals surface area contributed by atoms with Crippen LogP contribution < -0.4 is 9.64 Å². The number of hydrogen-bond acceptors (Lipinski definition) is 4. The van der Waals surface area contributed by atoms with E-state index >= 15 is 0 Å². The molecule has 0 N–H and O–H groups in total. The molecule has 0 aliphatic carbocycles. The Hall–Kier alpha value is -3.10. The zero-order valence-corrected chi connectivity index (χ0v) is 18.4. The highest BCUT2D eigenvalue weighted by Gasteiger charge is 2.30. The molecule has 1 aliphatic rings. The van der Waals surface area contributed by atoms with Crippen molar-refractivity contribution < 1.29 is 17.9 Å². The third kappa shape index (κ3) is 4.35. The predicted molar refractivity (Wildman–Crippen MR) is 119 cm³/mol. The molecule has 1 aromatic heterocycles. The van der Waals surface area contributed by atoms with Crippen molar-refractivity contribution in [2.45, 2.75) is 17.7 Å². The van der Waals surface area contributed by atoms with Gasteiger partial charge >= 0.3 is 0 Å². The van der Waals surface area contributed by atoms with Crippen LogP contribution in [0, 0.1) is 0 Å². The molecule has 0 unspecified atom stereocenters. The number of nitrogens with zero attached hydrogens (tertiary/aromatic N) is 3. The quantitative estimate of drug-likeness (QED) is 0.584. The van der Waals surface area contributed by atoms with E-state index in [1.807, 2.05) is 30.3 Å². The average molecular weight is 440 g/mol. The first-order chi connectivity index (χ1) is 14.9. The van der Waals surface area contributed by atoms with Crippen molar-refractivity contribution in [2.24, 2.45) is 7.05 Å². The maximum Gasteiger partial charge on any atom is 0.274 e. The SMILES string of the molecule is CN(C(=O)c1cc(S(=O)(=O)N2CCCC2)cn1C)c1ccc(Oc2ccccc2)cc1. The first kappa shape index (κ1) is 21.1. The zero-order valence-electron chi connectivity index (χ0n) is 17.6. The van der Waals surface area contributed by atoms with Gasteiger partial charge in [0, 0.05) is 39.1 Å². The van der Waals surface area contributed by atoms with E-state index in [4.69, 9.17) is 4.74 Å². The molecule has 8 heteroatoms. The molecule has 162 valence electrons. The minimum atomic E-state index is -3.57. The molecule has 2 heterocycles. The van der Waals surface area contributed by atoms with Crippen LogP contribution in [-0.2, 0) is 17.1 Å². The summed E-state index contributed by atoms with van der Waals surface area (Å²) in [4.78, 5) is 14.7. The summed E-state index contributed by atoms with van der Waals surface area (Å²) in [6.07, 6.45) is 3.24. The van der Waals surface area contributed by atoms with E-state index in [2.05, 4.69) is 0 Å². The van der Waals surface area contributed by atoms with Crippen LogP contribution >= 0.6 is 0 Å². The standard InChI is InChI=1S/C23H25N3O4S/c1-24-17-21(31(28,29)26-14-6-7-15-26)16-22(24)23(27)25(2)18-10-12-20(13-11-18)30-19-8-4-3-5-9-19/h3-5,8-13,16-17H,6-7,14-15H2,1-2H3. The molecule has 4 rings (SSSR count). The number of aromatic nitrogens is 1. The van der Waals surface area contributed by atoms with Crippen molar-refractivity contribution >= 4 is 21.6 Å². The van der Waals surface area contributed by atoms with Crippen molar-refractivity contribution in [1.29, 1.82) is 0 Å². The second-order valence-electron chi connectivity index (χ2n) is 7.56. The smallest absolute Gasteiger partial charge is 0.274 e. The zero-order chi connectivity index (χ0) is 22.0. The van der Waals surface area contributed by atoms with Crippen LogP contribution in [0.25, 0.3) is 0 Å². The number of aryl methyl sites for hydroxylation is 1. The summed E-state index contributed by atoms with van der Waals surface area (Å²) in [5, 5.41) is 0. The summed E-state index contributed by atoms with van der Waals surface area (Å²) in [6, 6.07) is 18.1. The van der Waals surface area contributed by atoms with Crippen molar-refractivity contribution in [3.63, 3.8) is 0 Å². The highest BCUT2D eigenvalue weighted by molar-refractivity contribution is 7.89. The van der Waals surface area contributed by atoms with Crippen LogP contribution in [0.4, 0.5) is 5.69 Å². The van der Waals surface area contributed by atoms with E-state index in [1.165, 1.54) is 21.5 Å². The maximum absolute atomic E-state index is 13.1. The van der Waals surface area contributed by atoms with E-state index in [9.17, 15) is 13.2 Å². The molecule has 1 amide bonds. The Morgan fingerprint density at radius 2 is 1.58 bits per heavy atom. The van der Waals surface area contributed by atoms with Gasteiger partial charge in [0.25, 0.3) is 5.91 Å². The lowest BCUT2D eigenvalue weighted by Crippen LogP contribution is -2.28. The van der Waals surface area contributed by atoms with Gasteiger partial charge in [-0.05, 0) is 55.3 Å². The Kier molecular flexibility index (Phi) is 5.84. The van der Waals surface area contributed by atoms with Crippen molar-refractivity contribution in [1.82, 2.24) is 8.87 Å². The normalized spacial score (nSPS) is 14.5. The molecule has 0 bridgehead atoms. The Bertz CT molecular complexity index is 1170. The molecule has 0 spiro atoms. The molecule has 1 aliphatic heterocycles. The fraction of sp³-hybridized carbons (Fsp3) is 0.261. The lowest BCUT2D eigenvalue weighted by atomic mass is 10.2. The number of para-hydroxylation sites is 1. The third-order valence-corrected chi connectivity index (χ3v) is 7.27. The molecule has 0 radical (unpaired) electrons. The Balaban J connectivity index is 1.51. The lowest BCUT2D eigenvalue weighted by molar-refractivity contribution is 0.0985. The van der Waals surface area contributed by atoms with Crippen molar-refractivity contribution in [3.8, 4) is 11.5 Å². The van der Waals surface area contributed by atoms with Gasteiger partial charge in [0.2, 0.25) is 10.0 Å². The van der Waals surface area contributed by atoms with Crippen LogP contribution in [0.3, 0.4) is 0 Å². The highest BCUT2D eigenvalue weighted by Crippen LogP contribution is 2.26. The average Bonchev–Trinajstić information content (AvgIpc) is 3.45. The number of ether oxygens (including phenoxy) is 1. The van der Waals surface area contributed by atoms with Gasteiger partial charge in [-0.3, -0.25) is 4.79 Å². The molecule has 1 fully saturated rings. The summed E-state index contributed by atoms with van der Waals surface area (Å²) in [6.45, 7) is 1.05. The number of anilines is 1. The first-order valence-electron chi connectivity index (χ1n) is 10.1. The predicted octanol–water partition coefficient (Wildman–Crippen LogP) is 3.88. The van der Waals surface area contributed by atoms with Gasteiger partial charge in [-0.2, -0.15) is 4.31 Å². The monoisotopic (exact) mass is 439 g/mol. The van der Waals surface area contributed by atoms with Crippen LogP contribution in [-0.4, -0.2) is 43.3 Å². The van der Waals surface area contributed by atoms with Crippen LogP contribution in [0.2, 0.25) is 0 Å². The van der Waals surface area contributed by atoms with Gasteiger partial charge in [-0.1, -0.05) is 18.2 Å². The summed E-state index contributed by atoms with van der Waals surface area (Å²) < 4.78 is 34.5. The fourth-order valence-corrected chi connectivity index (χ4v) is 5.21. The largest absolute Gasteiger partial charge is 0.457 e. The van der Waals surface area contributed by atoms with Gasteiger partial charge in [-0.15, -0.1) is 0 Å². The van der Waals surface area contributed by atoms with E-state index in [-0.39, 0.29) is 10.8 Å². The molecule has 7 nitrogen and oxygen atoms in total. The van der Waals surface area contributed by atoms with E-state index in [1.54, 1.807) is 42.9 Å². The number of rotatable bonds is 6. The molecule has 1 saturated heterocycles. The minimum absolute atomic E-state index is 0.153. The number of benzene rings is 2. The van der Waals surface area contributed by atoms with E-state index < -0.39 is 10.0 Å². The Labute approximate surface area is 182 Å². The third-order valence-electron chi connectivity index (χ3n) is 5.41. The second kappa shape index (κ2) is 8.56. The van der Waals surface area contributed by atoms with Crippen LogP contribution in [0.15, 0.2) is 71.8 Å². The Morgan fingerprint density at radius 1 is 0.968 bits per heavy atom. The lowest BCUT2D eigenvalue weighted by Gasteiger charge is -2.18.